The number of piperidine rings is 1. The Hall–Kier alpha value is -0.610. The van der Waals surface area contributed by atoms with E-state index < -0.39 is 0 Å². The molecule has 0 aromatic carbocycles. The number of rotatable bonds is 8. The van der Waals surface area contributed by atoms with Gasteiger partial charge in [0.1, 0.15) is 6.04 Å². The lowest BCUT2D eigenvalue weighted by molar-refractivity contribution is -0.146. The van der Waals surface area contributed by atoms with Crippen LogP contribution in [0.2, 0.25) is 0 Å². The minimum atomic E-state index is -0.201. The highest BCUT2D eigenvalue weighted by molar-refractivity contribution is 5.76. The van der Waals surface area contributed by atoms with E-state index in [2.05, 4.69) is 31.0 Å². The van der Waals surface area contributed by atoms with E-state index in [1.807, 2.05) is 6.92 Å². The molecule has 20 heavy (non-hydrogen) atoms. The molecule has 0 spiro atoms. The van der Waals surface area contributed by atoms with E-state index in [9.17, 15) is 4.79 Å². The predicted molar refractivity (Wildman–Crippen MR) is 82.8 cm³/mol. The predicted octanol–water partition coefficient (Wildman–Crippen LogP) is 2.57. The van der Waals surface area contributed by atoms with Crippen molar-refractivity contribution >= 4 is 5.97 Å². The summed E-state index contributed by atoms with van der Waals surface area (Å²) in [6, 6.07) is 0.728. The summed E-state index contributed by atoms with van der Waals surface area (Å²) in [6.07, 6.45) is 6.28. The molecule has 1 N–H and O–H groups in total. The minimum Gasteiger partial charge on any atom is -0.465 e. The molecule has 118 valence electrons. The number of nitrogens with zero attached hydrogens (tertiary/aromatic N) is 1. The second-order valence-corrected chi connectivity index (χ2v) is 6.06. The molecule has 2 unspecified atom stereocenters. The van der Waals surface area contributed by atoms with Crippen molar-refractivity contribution in [2.45, 2.75) is 77.9 Å². The van der Waals surface area contributed by atoms with Crippen molar-refractivity contribution in [3.63, 3.8) is 0 Å². The first-order valence-corrected chi connectivity index (χ1v) is 8.25. The Bertz CT molecular complexity index is 280. The maximum atomic E-state index is 12.1. The van der Waals surface area contributed by atoms with Crippen LogP contribution in [0.4, 0.5) is 0 Å². The second-order valence-electron chi connectivity index (χ2n) is 6.06. The van der Waals surface area contributed by atoms with Gasteiger partial charge in [-0.05, 0) is 32.7 Å². The van der Waals surface area contributed by atoms with Gasteiger partial charge in [0, 0.05) is 18.6 Å². The van der Waals surface area contributed by atoms with Gasteiger partial charge in [-0.15, -0.1) is 0 Å². The van der Waals surface area contributed by atoms with Crippen LogP contribution in [0, 0.1) is 0 Å². The number of carbonyl (C=O) groups is 1. The van der Waals surface area contributed by atoms with E-state index in [1.54, 1.807) is 0 Å². The van der Waals surface area contributed by atoms with Gasteiger partial charge < -0.3 is 10.1 Å². The molecule has 0 aromatic heterocycles. The molecule has 4 heteroatoms. The van der Waals surface area contributed by atoms with E-state index in [-0.39, 0.29) is 12.0 Å². The quantitative estimate of drug-likeness (QED) is 0.696. The maximum Gasteiger partial charge on any atom is 0.324 e. The van der Waals surface area contributed by atoms with Crippen LogP contribution < -0.4 is 5.32 Å². The third-order valence-electron chi connectivity index (χ3n) is 3.89. The Balaban J connectivity index is 2.63. The fraction of sp³-hybridized carbons (Fsp3) is 0.938. The number of nitrogens with one attached hydrogen (secondary N) is 1. The van der Waals surface area contributed by atoms with E-state index in [0.29, 0.717) is 18.7 Å². The summed E-state index contributed by atoms with van der Waals surface area (Å²) in [6.45, 7) is 10.6. The molecule has 1 rings (SSSR count). The first-order valence-electron chi connectivity index (χ1n) is 8.25. The highest BCUT2D eigenvalue weighted by atomic mass is 16.5. The van der Waals surface area contributed by atoms with Crippen LogP contribution in [-0.2, 0) is 9.53 Å². The summed E-state index contributed by atoms with van der Waals surface area (Å²) in [5.41, 5.74) is 0. The second kappa shape index (κ2) is 9.35. The summed E-state index contributed by atoms with van der Waals surface area (Å²) >= 11 is 0. The van der Waals surface area contributed by atoms with Crippen molar-refractivity contribution in [1.82, 2.24) is 10.2 Å². The Labute approximate surface area is 124 Å². The monoisotopic (exact) mass is 284 g/mol. The molecule has 1 heterocycles. The summed E-state index contributed by atoms with van der Waals surface area (Å²) in [4.78, 5) is 14.6. The van der Waals surface area contributed by atoms with Crippen molar-refractivity contribution < 1.29 is 9.53 Å². The lowest BCUT2D eigenvalue weighted by atomic mass is 9.97. The average Bonchev–Trinajstić information content (AvgIpc) is 2.40. The summed E-state index contributed by atoms with van der Waals surface area (Å²) < 4.78 is 5.21. The normalized spacial score (nSPS) is 21.9. The van der Waals surface area contributed by atoms with Gasteiger partial charge >= 0.3 is 5.97 Å². The van der Waals surface area contributed by atoms with E-state index >= 15 is 0 Å². The van der Waals surface area contributed by atoms with E-state index in [1.165, 1.54) is 32.1 Å². The fourth-order valence-corrected chi connectivity index (χ4v) is 3.04. The molecule has 0 bridgehead atoms. The number of ether oxygens (including phenoxy) is 1. The molecule has 1 fully saturated rings. The van der Waals surface area contributed by atoms with Crippen molar-refractivity contribution in [3.8, 4) is 0 Å². The van der Waals surface area contributed by atoms with E-state index in [4.69, 9.17) is 4.74 Å². The number of hydrogen-bond acceptors (Lipinski definition) is 4. The molecule has 0 radical (unpaired) electrons. The zero-order valence-electron chi connectivity index (χ0n) is 13.7. The molecule has 1 aliphatic heterocycles. The van der Waals surface area contributed by atoms with Crippen molar-refractivity contribution in [3.05, 3.63) is 0 Å². The molecule has 0 amide bonds. The Kier molecular flexibility index (Phi) is 8.15. The molecule has 0 aromatic rings. The third kappa shape index (κ3) is 5.80. The molecule has 2 atom stereocenters. The highest BCUT2D eigenvalue weighted by Crippen LogP contribution is 2.21. The van der Waals surface area contributed by atoms with Crippen molar-refractivity contribution in [2.24, 2.45) is 0 Å². The molecule has 1 aliphatic rings. The number of hydrogen-bond donors (Lipinski definition) is 1. The zero-order chi connectivity index (χ0) is 15.0. The van der Waals surface area contributed by atoms with Crippen LogP contribution in [0.5, 0.6) is 0 Å². The lowest BCUT2D eigenvalue weighted by Crippen LogP contribution is -2.52. The molecule has 4 nitrogen and oxygen atoms in total. The van der Waals surface area contributed by atoms with Crippen LogP contribution in [0.25, 0.3) is 0 Å². The molecular weight excluding hydrogens is 252 g/mol. The molecule has 0 saturated carbocycles. The smallest absolute Gasteiger partial charge is 0.324 e. The maximum absolute atomic E-state index is 12.1. The third-order valence-corrected chi connectivity index (χ3v) is 3.89. The molecule has 0 aliphatic carbocycles. The van der Waals surface area contributed by atoms with Crippen molar-refractivity contribution in [2.75, 3.05) is 19.7 Å². The minimum absolute atomic E-state index is 0.109. The SMILES string of the molecule is CCCC1CCCCN1CC(NC(C)C)C(=O)OCC. The Morgan fingerprint density at radius 1 is 1.35 bits per heavy atom. The number of esters is 1. The number of carbonyl (C=O) groups excluding carboxylic acids is 1. The van der Waals surface area contributed by atoms with Gasteiger partial charge in [0.15, 0.2) is 0 Å². The van der Waals surface area contributed by atoms with Crippen molar-refractivity contribution in [1.29, 1.82) is 0 Å². The fourth-order valence-electron chi connectivity index (χ4n) is 3.04. The largest absolute Gasteiger partial charge is 0.465 e. The summed E-state index contributed by atoms with van der Waals surface area (Å²) in [5.74, 6) is -0.109. The first kappa shape index (κ1) is 17.4. The lowest BCUT2D eigenvalue weighted by Gasteiger charge is -2.37. The number of likely N-dealkylation sites (tertiary alicyclic amines) is 1. The van der Waals surface area contributed by atoms with Gasteiger partial charge in [0.05, 0.1) is 6.61 Å². The van der Waals surface area contributed by atoms with Gasteiger partial charge in [0.2, 0.25) is 0 Å². The van der Waals surface area contributed by atoms with Gasteiger partial charge in [-0.2, -0.15) is 0 Å². The zero-order valence-corrected chi connectivity index (χ0v) is 13.7. The van der Waals surface area contributed by atoms with Gasteiger partial charge in [0.25, 0.3) is 0 Å². The highest BCUT2D eigenvalue weighted by Gasteiger charge is 2.28. The average molecular weight is 284 g/mol. The first-order chi connectivity index (χ1) is 9.58. The van der Waals surface area contributed by atoms with Crippen LogP contribution in [0.3, 0.4) is 0 Å². The topological polar surface area (TPSA) is 41.6 Å². The van der Waals surface area contributed by atoms with Gasteiger partial charge in [-0.3, -0.25) is 9.69 Å². The Morgan fingerprint density at radius 3 is 2.70 bits per heavy atom. The van der Waals surface area contributed by atoms with E-state index in [0.717, 1.165) is 13.1 Å². The van der Waals surface area contributed by atoms with Crippen LogP contribution in [-0.4, -0.2) is 48.7 Å². The Morgan fingerprint density at radius 2 is 2.10 bits per heavy atom. The molecular formula is C16H32N2O2. The molecule has 1 saturated heterocycles. The summed E-state index contributed by atoms with van der Waals surface area (Å²) in [7, 11) is 0. The van der Waals surface area contributed by atoms with Crippen LogP contribution in [0.1, 0.15) is 59.8 Å². The van der Waals surface area contributed by atoms with Crippen LogP contribution >= 0.6 is 0 Å². The van der Waals surface area contributed by atoms with Crippen LogP contribution in [0.15, 0.2) is 0 Å². The standard InChI is InChI=1S/C16H32N2O2/c1-5-9-14-10-7-8-11-18(14)12-15(17-13(3)4)16(19)20-6-2/h13-15,17H,5-12H2,1-4H3. The summed E-state index contributed by atoms with van der Waals surface area (Å²) in [5, 5.41) is 3.36. The van der Waals surface area contributed by atoms with Gasteiger partial charge in [-0.25, -0.2) is 0 Å². The van der Waals surface area contributed by atoms with Gasteiger partial charge in [-0.1, -0.05) is 33.6 Å².